The van der Waals surface area contributed by atoms with Crippen molar-refractivity contribution in [1.82, 2.24) is 0 Å². The Labute approximate surface area is 139 Å². The molecule has 19 heavy (non-hydrogen) atoms. The van der Waals surface area contributed by atoms with E-state index in [9.17, 15) is 14.7 Å². The molecule has 0 amide bonds. The molecular formula is C8H12N2NiO4S4. The van der Waals surface area contributed by atoms with Crippen LogP contribution in [0.2, 0.25) is 0 Å². The predicted molar refractivity (Wildman–Crippen MR) is 78.1 cm³/mol. The molecule has 3 N–H and O–H groups in total. The maximum Gasteiger partial charge on any atom is 2.00 e. The van der Waals surface area contributed by atoms with E-state index < -0.39 is 11.9 Å². The van der Waals surface area contributed by atoms with Gasteiger partial charge in [-0.25, -0.2) is 0 Å². The molecule has 0 saturated carbocycles. The summed E-state index contributed by atoms with van der Waals surface area (Å²) in [6, 6.07) is 0. The summed E-state index contributed by atoms with van der Waals surface area (Å²) in [6.07, 6.45) is 0.384. The van der Waals surface area contributed by atoms with Crippen molar-refractivity contribution in [3.05, 3.63) is 0 Å². The van der Waals surface area contributed by atoms with Gasteiger partial charge in [0.05, 0.1) is 11.5 Å². The van der Waals surface area contributed by atoms with E-state index in [0.717, 1.165) is 21.6 Å². The monoisotopic (exact) mass is 386 g/mol. The second-order valence-corrected chi connectivity index (χ2v) is 5.17. The van der Waals surface area contributed by atoms with Gasteiger partial charge in [-0.05, 0) is 23.6 Å². The van der Waals surface area contributed by atoms with Gasteiger partial charge in [0.2, 0.25) is 0 Å². The fraction of sp³-hybridized carbons (Fsp3) is 0.500. The molecular weight excluding hydrogens is 375 g/mol. The molecule has 0 aromatic heterocycles. The number of hydrogen-bond donors (Lipinski definition) is 4. The van der Waals surface area contributed by atoms with Crippen LogP contribution in [0, 0.1) is 10.8 Å². The van der Waals surface area contributed by atoms with E-state index in [1.807, 2.05) is 0 Å². The topological polar surface area (TPSA) is 125 Å². The van der Waals surface area contributed by atoms with Crippen LogP contribution in [0.1, 0.15) is 25.7 Å². The van der Waals surface area contributed by atoms with E-state index in [4.69, 9.17) is 15.9 Å². The molecule has 0 aliphatic rings. The van der Waals surface area contributed by atoms with Crippen molar-refractivity contribution in [3.63, 3.8) is 0 Å². The fourth-order valence-corrected chi connectivity index (χ4v) is 1.43. The first-order chi connectivity index (χ1) is 8.33. The van der Waals surface area contributed by atoms with Gasteiger partial charge in [-0.1, -0.05) is 0 Å². The molecule has 0 unspecified atom stereocenters. The van der Waals surface area contributed by atoms with Gasteiger partial charge in [0.25, 0.3) is 0 Å². The first-order valence-electron chi connectivity index (χ1n) is 4.51. The fourth-order valence-electron chi connectivity index (χ4n) is 0.523. The number of hydrogen-bond acceptors (Lipinski definition) is 9. The van der Waals surface area contributed by atoms with Crippen molar-refractivity contribution >= 4 is 66.9 Å². The molecule has 0 aliphatic heterocycles. The third kappa shape index (κ3) is 23.7. The normalized spacial score (nSPS) is 8.53. The molecule has 11 heteroatoms. The number of rotatable bonds is 6. The summed E-state index contributed by atoms with van der Waals surface area (Å²) in [4.78, 5) is 19.7. The number of nitrogens with one attached hydrogen (secondary N) is 2. The predicted octanol–water partition coefficient (Wildman–Crippen LogP) is 1.09. The van der Waals surface area contributed by atoms with Crippen molar-refractivity contribution in [2.24, 2.45) is 0 Å². The number of carbonyl (C=O) groups is 2. The van der Waals surface area contributed by atoms with Gasteiger partial charge in [0.1, 0.15) is 0 Å². The summed E-state index contributed by atoms with van der Waals surface area (Å²) in [5, 5.41) is 32.2. The van der Waals surface area contributed by atoms with E-state index >= 15 is 0 Å². The molecule has 0 atom stereocenters. The Bertz CT molecular complexity index is 287. The van der Waals surface area contributed by atoms with Crippen LogP contribution in [0.25, 0.3) is 0 Å². The zero-order valence-corrected chi connectivity index (χ0v) is 13.8. The minimum Gasteiger partial charge on any atom is -0.713 e. The van der Waals surface area contributed by atoms with Gasteiger partial charge in [-0.2, -0.15) is 0 Å². The van der Waals surface area contributed by atoms with Crippen molar-refractivity contribution in [2.45, 2.75) is 25.7 Å². The van der Waals surface area contributed by atoms with Crippen molar-refractivity contribution in [2.75, 3.05) is 0 Å². The Morgan fingerprint density at radius 1 is 1.16 bits per heavy atom. The van der Waals surface area contributed by atoms with Gasteiger partial charge in [0, 0.05) is 17.4 Å². The Morgan fingerprint density at radius 2 is 1.63 bits per heavy atom. The summed E-state index contributed by atoms with van der Waals surface area (Å²) in [6.45, 7) is 0. The van der Waals surface area contributed by atoms with Crippen LogP contribution in [0.4, 0.5) is 0 Å². The van der Waals surface area contributed by atoms with Crippen LogP contribution in [-0.2, 0) is 37.7 Å². The second-order valence-electron chi connectivity index (χ2n) is 2.79. The summed E-state index contributed by atoms with van der Waals surface area (Å²) < 4.78 is 0. The average Bonchev–Trinajstić information content (AvgIpc) is 2.33. The molecule has 0 spiro atoms. The molecule has 6 nitrogen and oxygen atoms in total. The number of aliphatic carboxylic acids is 2. The Balaban J connectivity index is -0.000000256. The molecule has 0 fully saturated rings. The molecule has 0 radical (unpaired) electrons. The van der Waals surface area contributed by atoms with Crippen molar-refractivity contribution in [3.8, 4) is 0 Å². The summed E-state index contributed by atoms with van der Waals surface area (Å²) >= 11 is 8.12. The Kier molecular flexibility index (Phi) is 20.7. The first-order valence-corrected chi connectivity index (χ1v) is 8.12. The van der Waals surface area contributed by atoms with Crippen LogP contribution < -0.4 is 5.11 Å². The Hall–Kier alpha value is 0.174. The first kappa shape index (κ1) is 24.2. The van der Waals surface area contributed by atoms with E-state index in [1.54, 1.807) is 0 Å². The second kappa shape index (κ2) is 16.2. The minimum atomic E-state index is -1.14. The van der Waals surface area contributed by atoms with E-state index in [-0.39, 0.29) is 47.2 Å². The van der Waals surface area contributed by atoms with Crippen LogP contribution in [0.5, 0.6) is 0 Å². The van der Waals surface area contributed by atoms with E-state index in [1.165, 1.54) is 0 Å². The molecule has 0 saturated heterocycles. The average molecular weight is 387 g/mol. The number of thiol groups is 1. The molecule has 0 aromatic carbocycles. The number of carboxylic acid groups (broad SMARTS) is 2. The van der Waals surface area contributed by atoms with Gasteiger partial charge in [0.15, 0.2) is 0 Å². The van der Waals surface area contributed by atoms with E-state index in [0.29, 0.717) is 5.04 Å². The number of carboxylic acids is 2. The van der Waals surface area contributed by atoms with Crippen molar-refractivity contribution in [1.29, 1.82) is 10.8 Å². The zero-order chi connectivity index (χ0) is 14.6. The van der Waals surface area contributed by atoms with Crippen LogP contribution >= 0.6 is 33.2 Å². The number of carbonyl (C=O) groups excluding carboxylic acids is 1. The summed E-state index contributed by atoms with van der Waals surface area (Å²) in [7, 11) is 1.82. The largest absolute Gasteiger partial charge is 2.00 e. The molecule has 112 valence electrons. The molecule has 0 aromatic rings. The standard InChI is InChI=1S/2C4H7NO2S2.Ni/c2*5-3(9-8)1-2-4(6)7;/h2*5,8H,1-2H2,(H,6,7);/q;;+2/p-2. The summed E-state index contributed by atoms with van der Waals surface area (Å²) in [5.74, 6) is -2.01. The minimum absolute atomic E-state index is 0. The Morgan fingerprint density at radius 3 is 1.95 bits per heavy atom. The smallest absolute Gasteiger partial charge is 0.713 e. The SMILES string of the molecule is N=C(CCC(=O)O)SS.N=C(CCC(=O)[O-])S[S-].[Ni+2]. The van der Waals surface area contributed by atoms with E-state index in [2.05, 4.69) is 23.3 Å². The maximum atomic E-state index is 9.89. The van der Waals surface area contributed by atoms with Gasteiger partial charge in [-0.3, -0.25) is 21.0 Å². The zero-order valence-electron chi connectivity index (χ0n) is 9.49. The molecule has 0 rings (SSSR count). The van der Waals surface area contributed by atoms with Gasteiger partial charge in [-0.15, -0.1) is 11.7 Å². The third-order valence-corrected chi connectivity index (χ3v) is 3.43. The molecule has 0 aliphatic carbocycles. The summed E-state index contributed by atoms with van der Waals surface area (Å²) in [5.41, 5.74) is 0. The van der Waals surface area contributed by atoms with Crippen LogP contribution in [0.3, 0.4) is 0 Å². The molecule has 0 heterocycles. The quantitative estimate of drug-likeness (QED) is 0.134. The van der Waals surface area contributed by atoms with Crippen LogP contribution in [0.15, 0.2) is 0 Å². The van der Waals surface area contributed by atoms with Crippen LogP contribution in [-0.4, -0.2) is 27.1 Å². The van der Waals surface area contributed by atoms with Gasteiger partial charge >= 0.3 is 22.5 Å². The maximum absolute atomic E-state index is 9.89. The van der Waals surface area contributed by atoms with Gasteiger partial charge < -0.3 is 32.1 Å². The van der Waals surface area contributed by atoms with Crippen molar-refractivity contribution < 1.29 is 36.3 Å². The molecule has 0 bridgehead atoms. The third-order valence-electron chi connectivity index (χ3n) is 1.33.